The third kappa shape index (κ3) is 4.84. The highest BCUT2D eigenvalue weighted by Gasteiger charge is 2.12. The van der Waals surface area contributed by atoms with Crippen LogP contribution in [-0.2, 0) is 0 Å². The summed E-state index contributed by atoms with van der Waals surface area (Å²) < 4.78 is 0. The lowest BCUT2D eigenvalue weighted by molar-refractivity contribution is 1.30. The van der Waals surface area contributed by atoms with Gasteiger partial charge in [0.25, 0.3) is 0 Å². The lowest BCUT2D eigenvalue weighted by Crippen LogP contribution is -2.03. The van der Waals surface area contributed by atoms with E-state index in [0.29, 0.717) is 5.70 Å². The molecule has 0 aliphatic rings. The van der Waals surface area contributed by atoms with Crippen molar-refractivity contribution in [1.29, 1.82) is 0 Å². The molecule has 0 unspecified atom stereocenters. The highest BCUT2D eigenvalue weighted by atomic mass is 14.8. The van der Waals surface area contributed by atoms with Gasteiger partial charge in [-0.15, -0.1) is 6.42 Å². The fourth-order valence-electron chi connectivity index (χ4n) is 3.00. The molecule has 2 aromatic carbocycles. The van der Waals surface area contributed by atoms with Gasteiger partial charge in [0.2, 0.25) is 0 Å². The number of benzene rings is 2. The maximum absolute atomic E-state index is 5.59. The van der Waals surface area contributed by atoms with Crippen molar-refractivity contribution in [2.24, 2.45) is 4.99 Å². The standard InChI is InChI=1S/C26H25N/c1-7-9-17-24(19(3)8-2)21(5)27-22(6)26-20(4)14-13-18-25(26)23-15-11-10-12-16-23/h2,7,9-18H,1,5H2,3-4,6H3/b17-9-,24-19-,27-22?. The summed E-state index contributed by atoms with van der Waals surface area (Å²) in [4.78, 5) is 4.80. The molecule has 0 atom stereocenters. The Hall–Kier alpha value is -3.37. The van der Waals surface area contributed by atoms with Crippen LogP contribution in [0.25, 0.3) is 11.1 Å². The molecular formula is C26H25N. The van der Waals surface area contributed by atoms with E-state index < -0.39 is 0 Å². The smallest absolute Gasteiger partial charge is 0.0642 e. The van der Waals surface area contributed by atoms with Crippen LogP contribution in [-0.4, -0.2) is 5.71 Å². The molecule has 0 saturated heterocycles. The second-order valence-electron chi connectivity index (χ2n) is 6.29. The normalized spacial score (nSPS) is 12.4. The minimum absolute atomic E-state index is 0.642. The van der Waals surface area contributed by atoms with Crippen LogP contribution in [0.3, 0.4) is 0 Å². The third-order valence-electron chi connectivity index (χ3n) is 4.35. The predicted octanol–water partition coefficient (Wildman–Crippen LogP) is 6.68. The monoisotopic (exact) mass is 351 g/mol. The minimum Gasteiger partial charge on any atom is -0.253 e. The van der Waals surface area contributed by atoms with Crippen LogP contribution in [0.4, 0.5) is 0 Å². The number of hydrogen-bond donors (Lipinski definition) is 0. The molecule has 0 heterocycles. The Kier molecular flexibility index (Phi) is 6.92. The van der Waals surface area contributed by atoms with Gasteiger partial charge in [-0.1, -0.05) is 85.8 Å². The number of rotatable bonds is 6. The van der Waals surface area contributed by atoms with Crippen LogP contribution in [0.2, 0.25) is 0 Å². The van der Waals surface area contributed by atoms with Crippen molar-refractivity contribution >= 4 is 5.71 Å². The first-order chi connectivity index (χ1) is 13.0. The van der Waals surface area contributed by atoms with E-state index in [2.05, 4.69) is 56.3 Å². The number of hydrogen-bond acceptors (Lipinski definition) is 1. The fraction of sp³-hybridized carbons (Fsp3) is 0.115. The maximum Gasteiger partial charge on any atom is 0.0642 e. The summed E-state index contributed by atoms with van der Waals surface area (Å²) in [5.74, 6) is 2.68. The van der Waals surface area contributed by atoms with Crippen molar-refractivity contribution < 1.29 is 0 Å². The SMILES string of the molecule is C#C/C(C)=C(/C=C\C=C)C(=C)N=C(C)c1c(C)cccc1-c1ccccc1. The molecule has 27 heavy (non-hydrogen) atoms. The average Bonchev–Trinajstić information content (AvgIpc) is 2.68. The van der Waals surface area contributed by atoms with E-state index in [1.54, 1.807) is 6.08 Å². The van der Waals surface area contributed by atoms with Crippen LogP contribution < -0.4 is 0 Å². The molecule has 2 rings (SSSR count). The Morgan fingerprint density at radius 3 is 2.41 bits per heavy atom. The predicted molar refractivity (Wildman–Crippen MR) is 119 cm³/mol. The zero-order chi connectivity index (χ0) is 19.8. The first-order valence-electron chi connectivity index (χ1n) is 8.86. The fourth-order valence-corrected chi connectivity index (χ4v) is 3.00. The lowest BCUT2D eigenvalue weighted by atomic mass is 9.93. The summed E-state index contributed by atoms with van der Waals surface area (Å²) in [5.41, 5.74) is 7.80. The summed E-state index contributed by atoms with van der Waals surface area (Å²) >= 11 is 0. The summed E-state index contributed by atoms with van der Waals surface area (Å²) in [6, 6.07) is 16.6. The molecule has 0 aliphatic carbocycles. The quantitative estimate of drug-likeness (QED) is 0.313. The highest BCUT2D eigenvalue weighted by Crippen LogP contribution is 2.28. The Balaban J connectivity index is 2.56. The van der Waals surface area contributed by atoms with Crippen LogP contribution in [0.1, 0.15) is 25.0 Å². The van der Waals surface area contributed by atoms with E-state index in [1.165, 1.54) is 11.1 Å². The number of aryl methyl sites for hydroxylation is 1. The molecule has 0 radical (unpaired) electrons. The first kappa shape index (κ1) is 19.9. The largest absolute Gasteiger partial charge is 0.253 e. The van der Waals surface area contributed by atoms with E-state index >= 15 is 0 Å². The summed E-state index contributed by atoms with van der Waals surface area (Å²) in [5, 5.41) is 0. The molecule has 0 aliphatic heterocycles. The Morgan fingerprint density at radius 2 is 1.78 bits per heavy atom. The van der Waals surface area contributed by atoms with Gasteiger partial charge in [0.15, 0.2) is 0 Å². The van der Waals surface area contributed by atoms with Gasteiger partial charge < -0.3 is 0 Å². The molecule has 0 aromatic heterocycles. The number of nitrogens with zero attached hydrogens (tertiary/aromatic N) is 1. The van der Waals surface area contributed by atoms with E-state index in [-0.39, 0.29) is 0 Å². The second kappa shape index (κ2) is 9.36. The van der Waals surface area contributed by atoms with Gasteiger partial charge in [0.1, 0.15) is 0 Å². The van der Waals surface area contributed by atoms with Gasteiger partial charge >= 0.3 is 0 Å². The maximum atomic E-state index is 5.59. The highest BCUT2D eigenvalue weighted by molar-refractivity contribution is 6.06. The number of terminal acetylenes is 1. The Morgan fingerprint density at radius 1 is 1.07 bits per heavy atom. The topological polar surface area (TPSA) is 12.4 Å². The molecule has 0 fully saturated rings. The van der Waals surface area contributed by atoms with Gasteiger partial charge in [-0.25, -0.2) is 0 Å². The summed E-state index contributed by atoms with van der Waals surface area (Å²) in [6.07, 6.45) is 11.0. The van der Waals surface area contributed by atoms with Crippen molar-refractivity contribution in [1.82, 2.24) is 0 Å². The molecule has 1 nitrogen and oxygen atoms in total. The number of aliphatic imine (C=N–C) groups is 1. The summed E-state index contributed by atoms with van der Waals surface area (Å²) in [6.45, 7) is 13.9. The zero-order valence-corrected chi connectivity index (χ0v) is 16.3. The molecule has 0 saturated carbocycles. The van der Waals surface area contributed by atoms with Crippen LogP contribution in [0.15, 0.2) is 102 Å². The Bertz CT molecular complexity index is 977. The molecule has 0 bridgehead atoms. The third-order valence-corrected chi connectivity index (χ3v) is 4.35. The molecule has 2 aromatic rings. The first-order valence-corrected chi connectivity index (χ1v) is 8.86. The van der Waals surface area contributed by atoms with E-state index in [1.807, 2.05) is 44.2 Å². The van der Waals surface area contributed by atoms with Crippen molar-refractivity contribution in [2.45, 2.75) is 20.8 Å². The second-order valence-corrected chi connectivity index (χ2v) is 6.29. The Labute approximate surface area is 163 Å². The van der Waals surface area contributed by atoms with Gasteiger partial charge in [-0.2, -0.15) is 0 Å². The van der Waals surface area contributed by atoms with E-state index in [9.17, 15) is 0 Å². The molecule has 0 amide bonds. The molecule has 0 spiro atoms. The van der Waals surface area contributed by atoms with Gasteiger partial charge in [0.05, 0.1) is 5.70 Å². The van der Waals surface area contributed by atoms with Crippen molar-refractivity contribution in [2.75, 3.05) is 0 Å². The van der Waals surface area contributed by atoms with Crippen molar-refractivity contribution in [3.63, 3.8) is 0 Å². The average molecular weight is 351 g/mol. The molecule has 1 heteroatoms. The number of allylic oxidation sites excluding steroid dienone is 4. The summed E-state index contributed by atoms with van der Waals surface area (Å²) in [7, 11) is 0. The van der Waals surface area contributed by atoms with Crippen LogP contribution in [0.5, 0.6) is 0 Å². The van der Waals surface area contributed by atoms with Crippen LogP contribution in [0, 0.1) is 19.3 Å². The van der Waals surface area contributed by atoms with Crippen molar-refractivity contribution in [3.05, 3.63) is 108 Å². The zero-order valence-electron chi connectivity index (χ0n) is 16.3. The lowest BCUT2D eigenvalue weighted by Gasteiger charge is -2.14. The van der Waals surface area contributed by atoms with Crippen LogP contribution >= 0.6 is 0 Å². The van der Waals surface area contributed by atoms with E-state index in [4.69, 9.17) is 11.4 Å². The van der Waals surface area contributed by atoms with Crippen molar-refractivity contribution in [3.8, 4) is 23.5 Å². The van der Waals surface area contributed by atoms with Gasteiger partial charge in [-0.05, 0) is 37.5 Å². The minimum atomic E-state index is 0.642. The van der Waals surface area contributed by atoms with Gasteiger partial charge in [-0.3, -0.25) is 4.99 Å². The van der Waals surface area contributed by atoms with E-state index in [0.717, 1.165) is 28.0 Å². The molecule has 0 N–H and O–H groups in total. The van der Waals surface area contributed by atoms with Gasteiger partial charge in [0, 0.05) is 22.4 Å². The molecule has 134 valence electrons. The molecular weight excluding hydrogens is 326 g/mol.